The molecule has 2 aromatic carbocycles. The number of halogens is 2. The normalized spacial score (nSPS) is 14.1. The Kier molecular flexibility index (Phi) is 5.52. The van der Waals surface area contributed by atoms with Crippen LogP contribution in [0.3, 0.4) is 0 Å². The highest BCUT2D eigenvalue weighted by Gasteiger charge is 2.23. The van der Waals surface area contributed by atoms with Gasteiger partial charge in [-0.1, -0.05) is 0 Å². The lowest BCUT2D eigenvalue weighted by atomic mass is 10.1. The molecular formula is C22H18F2N2O6. The van der Waals surface area contributed by atoms with Crippen LogP contribution in [0.4, 0.5) is 8.78 Å². The van der Waals surface area contributed by atoms with E-state index in [-0.39, 0.29) is 33.9 Å². The van der Waals surface area contributed by atoms with Gasteiger partial charge in [-0.15, -0.1) is 0 Å². The zero-order chi connectivity index (χ0) is 23.0. The predicted octanol–water partition coefficient (Wildman–Crippen LogP) is 3.66. The van der Waals surface area contributed by atoms with Gasteiger partial charge in [0.2, 0.25) is 5.75 Å². The maximum Gasteiger partial charge on any atom is 0.387 e. The molecule has 1 N–H and O–H groups in total. The Morgan fingerprint density at radius 2 is 1.88 bits per heavy atom. The molecule has 1 aromatic heterocycles. The molecule has 166 valence electrons. The first-order valence-corrected chi connectivity index (χ1v) is 9.52. The predicted molar refractivity (Wildman–Crippen MR) is 112 cm³/mol. The number of hydrogen-bond acceptors (Lipinski definition) is 6. The molecule has 4 rings (SSSR count). The van der Waals surface area contributed by atoms with Gasteiger partial charge in [0.15, 0.2) is 11.5 Å². The van der Waals surface area contributed by atoms with E-state index in [4.69, 9.17) is 9.47 Å². The van der Waals surface area contributed by atoms with E-state index >= 15 is 0 Å². The average molecular weight is 444 g/mol. The summed E-state index contributed by atoms with van der Waals surface area (Å²) in [5, 5.41) is 9.56. The minimum Gasteiger partial charge on any atom is -0.493 e. The standard InChI is InChI=1S/C22H18F2N2O6/c1-30-16-8-11(9-17(31-2)18(16)32-22(23)24)7-12-5-6-26-19(12)25-15-10-13(21(28)29)3-4-14(15)20(26)27/h3-4,7-10,22H,5-6H2,1-2H3,(H,28,29)/b12-7+. The second-order valence-electron chi connectivity index (χ2n) is 6.98. The zero-order valence-corrected chi connectivity index (χ0v) is 17.1. The van der Waals surface area contributed by atoms with E-state index < -0.39 is 12.6 Å². The molecule has 1 aliphatic rings. The summed E-state index contributed by atoms with van der Waals surface area (Å²) in [7, 11) is 2.64. The van der Waals surface area contributed by atoms with Gasteiger partial charge >= 0.3 is 12.6 Å². The second kappa shape index (κ2) is 8.29. The molecule has 1 aliphatic heterocycles. The fourth-order valence-electron chi connectivity index (χ4n) is 3.68. The Hall–Kier alpha value is -3.95. The van der Waals surface area contributed by atoms with Crippen molar-refractivity contribution in [2.75, 3.05) is 14.2 Å². The van der Waals surface area contributed by atoms with Crippen LogP contribution in [-0.2, 0) is 6.54 Å². The number of aromatic nitrogens is 2. The van der Waals surface area contributed by atoms with Crippen molar-refractivity contribution in [3.63, 3.8) is 0 Å². The minimum atomic E-state index is -3.05. The first kappa shape index (κ1) is 21.3. The molecule has 0 aliphatic carbocycles. The highest BCUT2D eigenvalue weighted by molar-refractivity contribution is 5.93. The number of carboxylic acids is 1. The fourth-order valence-corrected chi connectivity index (χ4v) is 3.68. The number of hydrogen-bond donors (Lipinski definition) is 1. The Labute approximate surface area is 180 Å². The lowest BCUT2D eigenvalue weighted by molar-refractivity contribution is -0.0526. The number of benzene rings is 2. The summed E-state index contributed by atoms with van der Waals surface area (Å²) in [5.74, 6) is -0.805. The molecule has 0 bridgehead atoms. The van der Waals surface area contributed by atoms with E-state index in [2.05, 4.69) is 9.72 Å². The Morgan fingerprint density at radius 1 is 1.19 bits per heavy atom. The number of carboxylic acid groups (broad SMARTS) is 1. The molecule has 0 saturated heterocycles. The monoisotopic (exact) mass is 444 g/mol. The lowest BCUT2D eigenvalue weighted by Crippen LogP contribution is -2.21. The van der Waals surface area contributed by atoms with Crippen molar-refractivity contribution in [3.05, 3.63) is 57.6 Å². The van der Waals surface area contributed by atoms with Crippen molar-refractivity contribution in [3.8, 4) is 17.2 Å². The molecular weight excluding hydrogens is 426 g/mol. The van der Waals surface area contributed by atoms with Crippen LogP contribution in [0, 0.1) is 0 Å². The highest BCUT2D eigenvalue weighted by Crippen LogP contribution is 2.40. The molecule has 3 aromatic rings. The SMILES string of the molecule is COc1cc(/C=C2\CCn3c2nc2cc(C(=O)O)ccc2c3=O)cc(OC)c1OC(F)F. The van der Waals surface area contributed by atoms with Gasteiger partial charge in [0.25, 0.3) is 5.56 Å². The number of carbonyl (C=O) groups is 1. The van der Waals surface area contributed by atoms with Crippen LogP contribution in [0.15, 0.2) is 35.1 Å². The van der Waals surface area contributed by atoms with Gasteiger partial charge in [0.1, 0.15) is 5.82 Å². The smallest absolute Gasteiger partial charge is 0.387 e. The summed E-state index contributed by atoms with van der Waals surface area (Å²) in [6.45, 7) is -2.64. The third-order valence-electron chi connectivity index (χ3n) is 5.12. The molecule has 0 saturated carbocycles. The van der Waals surface area contributed by atoms with E-state index in [1.165, 1.54) is 49.1 Å². The van der Waals surface area contributed by atoms with Crippen molar-refractivity contribution >= 4 is 28.5 Å². The maximum absolute atomic E-state index is 12.9. The molecule has 0 atom stereocenters. The van der Waals surface area contributed by atoms with Crippen LogP contribution in [-0.4, -0.2) is 41.5 Å². The van der Waals surface area contributed by atoms with Crippen molar-refractivity contribution in [1.82, 2.24) is 9.55 Å². The maximum atomic E-state index is 12.9. The first-order chi connectivity index (χ1) is 15.3. The Bertz CT molecular complexity index is 1290. The number of methoxy groups -OCH3 is 2. The van der Waals surface area contributed by atoms with Gasteiger partial charge in [0, 0.05) is 6.54 Å². The summed E-state index contributed by atoms with van der Waals surface area (Å²) >= 11 is 0. The second-order valence-corrected chi connectivity index (χ2v) is 6.98. The van der Waals surface area contributed by atoms with Crippen molar-refractivity contribution in [2.45, 2.75) is 19.6 Å². The largest absolute Gasteiger partial charge is 0.493 e. The molecule has 32 heavy (non-hydrogen) atoms. The summed E-state index contributed by atoms with van der Waals surface area (Å²) in [5.41, 5.74) is 1.33. The van der Waals surface area contributed by atoms with E-state index in [0.29, 0.717) is 29.7 Å². The number of ether oxygens (including phenoxy) is 3. The third-order valence-corrected chi connectivity index (χ3v) is 5.12. The van der Waals surface area contributed by atoms with Gasteiger partial charge in [0.05, 0.1) is 30.7 Å². The van der Waals surface area contributed by atoms with Crippen LogP contribution in [0.25, 0.3) is 22.6 Å². The number of alkyl halides is 2. The zero-order valence-electron chi connectivity index (χ0n) is 17.1. The first-order valence-electron chi connectivity index (χ1n) is 9.52. The summed E-state index contributed by atoms with van der Waals surface area (Å²) in [4.78, 5) is 28.7. The number of aromatic carboxylic acids is 1. The summed E-state index contributed by atoms with van der Waals surface area (Å²) in [6.07, 6.45) is 2.25. The van der Waals surface area contributed by atoms with E-state index in [9.17, 15) is 23.5 Å². The van der Waals surface area contributed by atoms with Gasteiger partial charge < -0.3 is 19.3 Å². The number of nitrogens with zero attached hydrogens (tertiary/aromatic N) is 2. The summed E-state index contributed by atoms with van der Waals surface area (Å²) in [6, 6.07) is 7.21. The third kappa shape index (κ3) is 3.75. The quantitative estimate of drug-likeness (QED) is 0.619. The molecule has 0 unspecified atom stereocenters. The number of fused-ring (bicyclic) bond motifs is 2. The van der Waals surface area contributed by atoms with Crippen LogP contribution in [0.2, 0.25) is 0 Å². The Morgan fingerprint density at radius 3 is 2.47 bits per heavy atom. The number of rotatable bonds is 6. The van der Waals surface area contributed by atoms with Crippen LogP contribution in [0.5, 0.6) is 17.2 Å². The lowest BCUT2D eigenvalue weighted by Gasteiger charge is -2.15. The molecule has 0 fully saturated rings. The average Bonchev–Trinajstić information content (AvgIpc) is 3.16. The van der Waals surface area contributed by atoms with E-state index in [1.807, 2.05) is 0 Å². The van der Waals surface area contributed by atoms with Crippen LogP contribution < -0.4 is 19.8 Å². The topological polar surface area (TPSA) is 99.9 Å². The van der Waals surface area contributed by atoms with E-state index in [0.717, 1.165) is 5.57 Å². The van der Waals surface area contributed by atoms with Gasteiger partial charge in [-0.3, -0.25) is 9.36 Å². The van der Waals surface area contributed by atoms with Crippen LogP contribution >= 0.6 is 0 Å². The van der Waals surface area contributed by atoms with Gasteiger partial charge in [-0.25, -0.2) is 9.78 Å². The van der Waals surface area contributed by atoms with E-state index in [1.54, 1.807) is 6.08 Å². The van der Waals surface area contributed by atoms with Crippen molar-refractivity contribution in [2.24, 2.45) is 0 Å². The minimum absolute atomic E-state index is 0.0296. The molecule has 0 spiro atoms. The fraction of sp³-hybridized carbons (Fsp3) is 0.227. The molecule has 0 amide bonds. The Balaban J connectivity index is 1.83. The highest BCUT2D eigenvalue weighted by atomic mass is 19.3. The summed E-state index contributed by atoms with van der Waals surface area (Å²) < 4.78 is 41.9. The molecule has 10 heteroatoms. The molecule has 2 heterocycles. The van der Waals surface area contributed by atoms with Crippen molar-refractivity contribution < 1.29 is 32.9 Å². The molecule has 8 nitrogen and oxygen atoms in total. The van der Waals surface area contributed by atoms with Gasteiger partial charge in [-0.2, -0.15) is 8.78 Å². The number of allylic oxidation sites excluding steroid dienone is 1. The van der Waals surface area contributed by atoms with Crippen LogP contribution in [0.1, 0.15) is 28.2 Å². The van der Waals surface area contributed by atoms with Crippen molar-refractivity contribution in [1.29, 1.82) is 0 Å². The van der Waals surface area contributed by atoms with Gasteiger partial charge in [-0.05, 0) is 54.0 Å². The molecule has 0 radical (unpaired) electrons.